The summed E-state index contributed by atoms with van der Waals surface area (Å²) in [5.74, 6) is 0. The minimum absolute atomic E-state index is 0. The molecule has 0 aliphatic heterocycles. The molecular formula is H2ErO4S. The van der Waals surface area contributed by atoms with Gasteiger partial charge in [0.15, 0.2) is 0 Å². The molecule has 6 heavy (non-hydrogen) atoms. The maximum atomic E-state index is 8.74. The van der Waals surface area contributed by atoms with Gasteiger partial charge in [0.1, 0.15) is 0 Å². The Morgan fingerprint density at radius 2 is 1.17 bits per heavy atom. The van der Waals surface area contributed by atoms with Crippen LogP contribution in [0.4, 0.5) is 0 Å². The molecule has 0 aromatic heterocycles. The summed E-state index contributed by atoms with van der Waals surface area (Å²) in [4.78, 5) is 0. The van der Waals surface area contributed by atoms with Crippen molar-refractivity contribution in [2.24, 2.45) is 0 Å². The van der Waals surface area contributed by atoms with Gasteiger partial charge in [-0.15, -0.1) is 0 Å². The summed E-state index contributed by atoms with van der Waals surface area (Å²) in [6.45, 7) is 0. The van der Waals surface area contributed by atoms with Gasteiger partial charge in [-0.25, -0.2) is 0 Å². The Morgan fingerprint density at radius 3 is 1.17 bits per heavy atom. The molecule has 0 aromatic carbocycles. The molecule has 6 heteroatoms. The standard InChI is InChI=1S/Er.H2O4S/c;1-5(2,3)4/h;(H2,1,2,3,4). The van der Waals surface area contributed by atoms with E-state index in [1.165, 1.54) is 0 Å². The normalized spacial score (nSPS) is 9.67. The zero-order valence-electron chi connectivity index (χ0n) is 2.41. The van der Waals surface area contributed by atoms with E-state index in [1.54, 1.807) is 0 Å². The molecule has 0 saturated heterocycles. The molecule has 0 atom stereocenters. The molecule has 0 aliphatic carbocycles. The Balaban J connectivity index is 0. The molecule has 0 rings (SSSR count). The van der Waals surface area contributed by atoms with Crippen LogP contribution in [0.2, 0.25) is 0 Å². The summed E-state index contributed by atoms with van der Waals surface area (Å²) in [6.07, 6.45) is 0. The summed E-state index contributed by atoms with van der Waals surface area (Å²) in [5, 5.41) is 0. The van der Waals surface area contributed by atoms with E-state index in [1.807, 2.05) is 0 Å². The van der Waals surface area contributed by atoms with Crippen molar-refractivity contribution in [2.75, 3.05) is 0 Å². The molecule has 4 nitrogen and oxygen atoms in total. The van der Waals surface area contributed by atoms with E-state index in [-0.39, 0.29) is 37.3 Å². The minimum atomic E-state index is -4.67. The molecule has 0 aromatic rings. The molecule has 0 saturated carbocycles. The van der Waals surface area contributed by atoms with Crippen LogP contribution in [0.15, 0.2) is 0 Å². The minimum Gasteiger partial charge on any atom is -0.264 e. The first kappa shape index (κ1) is 10.2. The third-order valence-electron chi connectivity index (χ3n) is 0. The van der Waals surface area contributed by atoms with Crippen molar-refractivity contribution < 1.29 is 54.8 Å². The Bertz CT molecular complexity index is 90.7. The second-order valence-electron chi connectivity index (χ2n) is 0.448. The molecule has 0 unspecified atom stereocenters. The van der Waals surface area contributed by atoms with Gasteiger partial charge in [-0.05, 0) is 0 Å². The van der Waals surface area contributed by atoms with Crippen LogP contribution in [0.3, 0.4) is 0 Å². The van der Waals surface area contributed by atoms with Crippen LogP contribution in [0, 0.1) is 37.3 Å². The third-order valence-corrected chi connectivity index (χ3v) is 0. The first-order valence-corrected chi connectivity index (χ1v) is 2.10. The van der Waals surface area contributed by atoms with Gasteiger partial charge in [-0.3, -0.25) is 9.11 Å². The van der Waals surface area contributed by atoms with Crippen molar-refractivity contribution in [3.63, 3.8) is 0 Å². The molecular weight excluding hydrogens is 263 g/mol. The maximum absolute atomic E-state index is 8.74. The third kappa shape index (κ3) is 69.5. The second kappa shape index (κ2) is 3.16. The van der Waals surface area contributed by atoms with Gasteiger partial charge < -0.3 is 0 Å². The number of hydrogen-bond acceptors (Lipinski definition) is 2. The van der Waals surface area contributed by atoms with Crippen molar-refractivity contribution in [3.05, 3.63) is 0 Å². The predicted molar refractivity (Wildman–Crippen MR) is 14.2 cm³/mol. The Kier molecular flexibility index (Phi) is 5.36. The largest absolute Gasteiger partial charge is 0.394 e. The molecule has 0 bridgehead atoms. The smallest absolute Gasteiger partial charge is 0.264 e. The SMILES string of the molecule is O=S(=O)(O)O.[Er]. The zero-order valence-corrected chi connectivity index (χ0v) is 5.08. The van der Waals surface area contributed by atoms with Crippen molar-refractivity contribution in [2.45, 2.75) is 0 Å². The van der Waals surface area contributed by atoms with Gasteiger partial charge in [0, 0.05) is 37.3 Å². The van der Waals surface area contributed by atoms with Gasteiger partial charge in [0.25, 0.3) is 0 Å². The van der Waals surface area contributed by atoms with Crippen molar-refractivity contribution in [1.29, 1.82) is 0 Å². The molecule has 2 N–H and O–H groups in total. The molecule has 0 aliphatic rings. The molecule has 0 spiro atoms. The van der Waals surface area contributed by atoms with Crippen molar-refractivity contribution >= 4 is 10.4 Å². The number of hydrogen-bond donors (Lipinski definition) is 2. The van der Waals surface area contributed by atoms with Crippen LogP contribution in [0.1, 0.15) is 0 Å². The Labute approximate surface area is 64.7 Å². The molecule has 0 amide bonds. The molecule has 0 radical (unpaired) electrons. The fraction of sp³-hybridized carbons (Fsp3) is 0. The van der Waals surface area contributed by atoms with Crippen LogP contribution in [-0.2, 0) is 10.4 Å². The van der Waals surface area contributed by atoms with E-state index in [9.17, 15) is 0 Å². The summed E-state index contributed by atoms with van der Waals surface area (Å²) in [5.41, 5.74) is 0. The Morgan fingerprint density at radius 1 is 1.17 bits per heavy atom. The molecule has 0 fully saturated rings. The average molecular weight is 265 g/mol. The van der Waals surface area contributed by atoms with Crippen molar-refractivity contribution in [3.8, 4) is 0 Å². The first-order valence-electron chi connectivity index (χ1n) is 0.698. The van der Waals surface area contributed by atoms with Gasteiger partial charge in [-0.1, -0.05) is 0 Å². The summed E-state index contributed by atoms with van der Waals surface area (Å²) in [6, 6.07) is 0. The molecule has 44 valence electrons. The van der Waals surface area contributed by atoms with Crippen LogP contribution < -0.4 is 0 Å². The topological polar surface area (TPSA) is 74.6 Å². The van der Waals surface area contributed by atoms with Gasteiger partial charge in [-0.2, -0.15) is 8.42 Å². The van der Waals surface area contributed by atoms with E-state index in [4.69, 9.17) is 17.5 Å². The van der Waals surface area contributed by atoms with Crippen LogP contribution in [-0.4, -0.2) is 17.5 Å². The fourth-order valence-corrected chi connectivity index (χ4v) is 0. The second-order valence-corrected chi connectivity index (χ2v) is 1.34. The van der Waals surface area contributed by atoms with E-state index in [0.717, 1.165) is 0 Å². The Hall–Kier alpha value is 1.12. The van der Waals surface area contributed by atoms with Crippen molar-refractivity contribution in [1.82, 2.24) is 0 Å². The maximum Gasteiger partial charge on any atom is 0.394 e. The van der Waals surface area contributed by atoms with E-state index in [2.05, 4.69) is 0 Å². The summed E-state index contributed by atoms with van der Waals surface area (Å²) >= 11 is 0. The van der Waals surface area contributed by atoms with Crippen LogP contribution >= 0.6 is 0 Å². The average Bonchev–Trinajstić information content (AvgIpc) is 0.722. The monoisotopic (exact) mass is 264 g/mol. The van der Waals surface area contributed by atoms with E-state index < -0.39 is 10.4 Å². The van der Waals surface area contributed by atoms with Crippen LogP contribution in [0.5, 0.6) is 0 Å². The van der Waals surface area contributed by atoms with E-state index >= 15 is 0 Å². The van der Waals surface area contributed by atoms with Gasteiger partial charge in [0.05, 0.1) is 0 Å². The molecule has 0 heterocycles. The predicted octanol–water partition coefficient (Wildman–Crippen LogP) is -0.653. The van der Waals surface area contributed by atoms with E-state index in [0.29, 0.717) is 0 Å². The zero-order chi connectivity index (χ0) is 4.50. The summed E-state index contributed by atoms with van der Waals surface area (Å²) in [7, 11) is -4.67. The van der Waals surface area contributed by atoms with Crippen LogP contribution in [0.25, 0.3) is 0 Å². The quantitative estimate of drug-likeness (QED) is 0.571. The van der Waals surface area contributed by atoms with Gasteiger partial charge >= 0.3 is 10.4 Å². The first-order chi connectivity index (χ1) is 2.00. The fourth-order valence-electron chi connectivity index (χ4n) is 0. The van der Waals surface area contributed by atoms with Gasteiger partial charge in [0.2, 0.25) is 0 Å². The number of rotatable bonds is 0. The summed E-state index contributed by atoms with van der Waals surface area (Å²) < 4.78 is 31.6.